The van der Waals surface area contributed by atoms with Gasteiger partial charge in [0.15, 0.2) is 5.16 Å². The second kappa shape index (κ2) is 10.6. The number of hydrogen-bond donors (Lipinski definition) is 0. The summed E-state index contributed by atoms with van der Waals surface area (Å²) in [6.45, 7) is 5.11. The molecule has 8 nitrogen and oxygen atoms in total. The number of esters is 1. The standard InChI is InChI=1S/C22H28ClN5O3S/c1-2-31-20(30)16-7-6-12-27(14-16)19(29)15-32-22-25-24-21(26-10-3-4-11-26)28(22)18-9-5-8-17(23)13-18/h5,8-9,13,16H,2-4,6-7,10-12,14-15H2,1H3. The van der Waals surface area contributed by atoms with Crippen molar-refractivity contribution in [3.63, 3.8) is 0 Å². The molecule has 2 aliphatic rings. The van der Waals surface area contributed by atoms with Crippen LogP contribution >= 0.6 is 23.4 Å². The van der Waals surface area contributed by atoms with E-state index in [0.29, 0.717) is 29.9 Å². The predicted octanol–water partition coefficient (Wildman–Crippen LogP) is 3.41. The lowest BCUT2D eigenvalue weighted by molar-refractivity contribution is -0.151. The fourth-order valence-electron chi connectivity index (χ4n) is 4.19. The molecule has 10 heteroatoms. The third-order valence-corrected chi connectivity index (χ3v) is 6.94. The maximum absolute atomic E-state index is 12.9. The van der Waals surface area contributed by atoms with Gasteiger partial charge in [-0.05, 0) is 50.8 Å². The summed E-state index contributed by atoms with van der Waals surface area (Å²) in [6, 6.07) is 7.58. The zero-order chi connectivity index (χ0) is 22.5. The second-order valence-corrected chi connectivity index (χ2v) is 9.39. The van der Waals surface area contributed by atoms with Gasteiger partial charge < -0.3 is 14.5 Å². The molecule has 3 heterocycles. The summed E-state index contributed by atoms with van der Waals surface area (Å²) < 4.78 is 7.12. The molecule has 0 spiro atoms. The molecular weight excluding hydrogens is 450 g/mol. The average molecular weight is 478 g/mol. The highest BCUT2D eigenvalue weighted by atomic mass is 35.5. The average Bonchev–Trinajstić information content (AvgIpc) is 3.47. The Morgan fingerprint density at radius 1 is 1.19 bits per heavy atom. The van der Waals surface area contributed by atoms with Crippen molar-refractivity contribution >= 4 is 41.2 Å². The number of aromatic nitrogens is 3. The molecule has 2 aromatic rings. The van der Waals surface area contributed by atoms with Gasteiger partial charge in [0.25, 0.3) is 0 Å². The molecule has 1 amide bonds. The molecule has 0 saturated carbocycles. The van der Waals surface area contributed by atoms with Crippen LogP contribution in [0.15, 0.2) is 29.4 Å². The highest BCUT2D eigenvalue weighted by Crippen LogP contribution is 2.30. The van der Waals surface area contributed by atoms with E-state index in [1.54, 1.807) is 11.8 Å². The predicted molar refractivity (Wildman–Crippen MR) is 124 cm³/mol. The lowest BCUT2D eigenvalue weighted by atomic mass is 9.98. The van der Waals surface area contributed by atoms with Gasteiger partial charge in [0, 0.05) is 31.2 Å². The lowest BCUT2D eigenvalue weighted by Gasteiger charge is -2.31. The van der Waals surface area contributed by atoms with E-state index in [2.05, 4.69) is 15.1 Å². The van der Waals surface area contributed by atoms with Crippen LogP contribution in [0.1, 0.15) is 32.6 Å². The van der Waals surface area contributed by atoms with Gasteiger partial charge in [-0.15, -0.1) is 10.2 Å². The minimum absolute atomic E-state index is 0.00707. The minimum atomic E-state index is -0.241. The van der Waals surface area contributed by atoms with Crippen LogP contribution in [0.3, 0.4) is 0 Å². The zero-order valence-electron chi connectivity index (χ0n) is 18.2. The lowest BCUT2D eigenvalue weighted by Crippen LogP contribution is -2.43. The first-order valence-electron chi connectivity index (χ1n) is 11.1. The highest BCUT2D eigenvalue weighted by Gasteiger charge is 2.30. The van der Waals surface area contributed by atoms with Gasteiger partial charge in [-0.25, -0.2) is 0 Å². The van der Waals surface area contributed by atoms with Crippen molar-refractivity contribution in [2.75, 3.05) is 43.4 Å². The Balaban J connectivity index is 1.48. The fourth-order valence-corrected chi connectivity index (χ4v) is 5.23. The number of hydrogen-bond acceptors (Lipinski definition) is 7. The molecule has 1 aromatic heterocycles. The van der Waals surface area contributed by atoms with Crippen LogP contribution in [-0.4, -0.2) is 70.1 Å². The Morgan fingerprint density at radius 2 is 2.00 bits per heavy atom. The number of rotatable bonds is 7. The Labute approximate surface area is 197 Å². The number of piperidine rings is 1. The Morgan fingerprint density at radius 3 is 2.75 bits per heavy atom. The van der Waals surface area contributed by atoms with Crippen LogP contribution in [-0.2, 0) is 14.3 Å². The maximum atomic E-state index is 12.9. The van der Waals surface area contributed by atoms with Crippen LogP contribution < -0.4 is 4.90 Å². The molecule has 0 aliphatic carbocycles. The van der Waals surface area contributed by atoms with E-state index < -0.39 is 0 Å². The molecule has 4 rings (SSSR count). The summed E-state index contributed by atoms with van der Waals surface area (Å²) in [4.78, 5) is 29.0. The number of halogens is 1. The van der Waals surface area contributed by atoms with Crippen LogP contribution in [0.2, 0.25) is 5.02 Å². The zero-order valence-corrected chi connectivity index (χ0v) is 19.8. The Bertz CT molecular complexity index is 963. The number of likely N-dealkylation sites (tertiary alicyclic amines) is 1. The van der Waals surface area contributed by atoms with Crippen molar-refractivity contribution in [1.29, 1.82) is 0 Å². The van der Waals surface area contributed by atoms with Crippen LogP contribution in [0.25, 0.3) is 5.69 Å². The van der Waals surface area contributed by atoms with Gasteiger partial charge in [0.1, 0.15) is 0 Å². The van der Waals surface area contributed by atoms with E-state index in [9.17, 15) is 9.59 Å². The van der Waals surface area contributed by atoms with Crippen LogP contribution in [0, 0.1) is 5.92 Å². The van der Waals surface area contributed by atoms with E-state index in [4.69, 9.17) is 16.3 Å². The number of carbonyl (C=O) groups excluding carboxylic acids is 2. The largest absolute Gasteiger partial charge is 0.466 e. The Hall–Kier alpha value is -2.26. The molecule has 1 atom stereocenters. The maximum Gasteiger partial charge on any atom is 0.310 e. The van der Waals surface area contributed by atoms with E-state index in [1.807, 2.05) is 28.8 Å². The molecule has 2 aliphatic heterocycles. The smallest absolute Gasteiger partial charge is 0.310 e. The summed E-state index contributed by atoms with van der Waals surface area (Å²) in [5, 5.41) is 10.1. The quantitative estimate of drug-likeness (QED) is 0.446. The van der Waals surface area contributed by atoms with Crippen molar-refractivity contribution in [1.82, 2.24) is 19.7 Å². The van der Waals surface area contributed by atoms with Crippen LogP contribution in [0.5, 0.6) is 0 Å². The molecule has 172 valence electrons. The van der Waals surface area contributed by atoms with E-state index in [0.717, 1.165) is 50.4 Å². The molecule has 0 radical (unpaired) electrons. The fraction of sp³-hybridized carbons (Fsp3) is 0.545. The molecule has 2 fully saturated rings. The van der Waals surface area contributed by atoms with Gasteiger partial charge in [-0.3, -0.25) is 14.2 Å². The molecular formula is C22H28ClN5O3S. The van der Waals surface area contributed by atoms with E-state index >= 15 is 0 Å². The molecule has 1 unspecified atom stereocenters. The number of benzene rings is 1. The first kappa shape index (κ1) is 22.9. The number of nitrogens with zero attached hydrogens (tertiary/aromatic N) is 5. The normalized spacial score (nSPS) is 18.8. The first-order chi connectivity index (χ1) is 15.6. The minimum Gasteiger partial charge on any atom is -0.466 e. The molecule has 32 heavy (non-hydrogen) atoms. The van der Waals surface area contributed by atoms with Crippen molar-refractivity contribution in [3.8, 4) is 5.69 Å². The summed E-state index contributed by atoms with van der Waals surface area (Å²) >= 11 is 7.60. The van der Waals surface area contributed by atoms with E-state index in [1.165, 1.54) is 11.8 Å². The van der Waals surface area contributed by atoms with Crippen molar-refractivity contribution in [3.05, 3.63) is 29.3 Å². The number of thioether (sulfide) groups is 1. The van der Waals surface area contributed by atoms with Gasteiger partial charge in [-0.2, -0.15) is 0 Å². The van der Waals surface area contributed by atoms with Crippen LogP contribution in [0.4, 0.5) is 5.95 Å². The number of amides is 1. The number of anilines is 1. The number of carbonyl (C=O) groups is 2. The van der Waals surface area contributed by atoms with Crippen molar-refractivity contribution in [2.24, 2.45) is 5.92 Å². The summed E-state index contributed by atoms with van der Waals surface area (Å²) in [7, 11) is 0. The van der Waals surface area contributed by atoms with Gasteiger partial charge in [0.2, 0.25) is 11.9 Å². The molecule has 1 aromatic carbocycles. The summed E-state index contributed by atoms with van der Waals surface area (Å²) in [5.41, 5.74) is 0.875. The van der Waals surface area contributed by atoms with E-state index in [-0.39, 0.29) is 23.5 Å². The van der Waals surface area contributed by atoms with Crippen molar-refractivity contribution in [2.45, 2.75) is 37.8 Å². The summed E-state index contributed by atoms with van der Waals surface area (Å²) in [6.07, 6.45) is 3.82. The topological polar surface area (TPSA) is 80.6 Å². The monoisotopic (exact) mass is 477 g/mol. The molecule has 0 N–H and O–H groups in total. The Kier molecular flexibility index (Phi) is 7.57. The molecule has 2 saturated heterocycles. The third-order valence-electron chi connectivity index (χ3n) is 5.79. The van der Waals surface area contributed by atoms with Crippen molar-refractivity contribution < 1.29 is 14.3 Å². The third kappa shape index (κ3) is 5.20. The SMILES string of the molecule is CCOC(=O)C1CCCN(C(=O)CSc2nnc(N3CCCC3)n2-c2cccc(Cl)c2)C1. The van der Waals surface area contributed by atoms with Gasteiger partial charge in [0.05, 0.1) is 24.0 Å². The second-order valence-electron chi connectivity index (χ2n) is 8.01. The summed E-state index contributed by atoms with van der Waals surface area (Å²) in [5.74, 6) is 0.546. The van der Waals surface area contributed by atoms with Gasteiger partial charge >= 0.3 is 5.97 Å². The highest BCUT2D eigenvalue weighted by molar-refractivity contribution is 7.99. The number of ether oxygens (including phenoxy) is 1. The van der Waals surface area contributed by atoms with Gasteiger partial charge in [-0.1, -0.05) is 29.4 Å². The first-order valence-corrected chi connectivity index (χ1v) is 12.5. The molecule has 0 bridgehead atoms.